The number of halogens is 1. The van der Waals surface area contributed by atoms with Gasteiger partial charge in [0.15, 0.2) is 0 Å². The van der Waals surface area contributed by atoms with E-state index in [1.165, 1.54) is 12.8 Å². The minimum absolute atomic E-state index is 0.0348. The molecule has 0 aromatic heterocycles. The van der Waals surface area contributed by atoms with Gasteiger partial charge in [0.05, 0.1) is 18.2 Å². The van der Waals surface area contributed by atoms with Gasteiger partial charge in [0.1, 0.15) is 5.75 Å². The first-order chi connectivity index (χ1) is 10.2. The summed E-state index contributed by atoms with van der Waals surface area (Å²) in [5.74, 6) is 1.57. The fourth-order valence-corrected chi connectivity index (χ4v) is 2.85. The molecule has 110 valence electrons. The summed E-state index contributed by atoms with van der Waals surface area (Å²) in [6.07, 6.45) is 2.55. The van der Waals surface area contributed by atoms with Crippen molar-refractivity contribution in [2.24, 2.45) is 5.92 Å². The molecular formula is C18H19ClO2. The van der Waals surface area contributed by atoms with Gasteiger partial charge in [-0.2, -0.15) is 0 Å². The summed E-state index contributed by atoms with van der Waals surface area (Å²) in [4.78, 5) is 0. The van der Waals surface area contributed by atoms with Crippen molar-refractivity contribution < 1.29 is 9.84 Å². The Morgan fingerprint density at radius 1 is 1.24 bits per heavy atom. The molecule has 3 rings (SSSR count). The number of hydrogen-bond donors (Lipinski definition) is 1. The molecule has 1 N–H and O–H groups in total. The molecule has 2 aromatic rings. The lowest BCUT2D eigenvalue weighted by Gasteiger charge is -2.13. The SMILES string of the molecule is Cc1cc(OCC2CC2)cc(Cl)c1-c1cccc(CO)c1. The van der Waals surface area contributed by atoms with Crippen molar-refractivity contribution in [3.63, 3.8) is 0 Å². The van der Waals surface area contributed by atoms with Crippen molar-refractivity contribution in [3.05, 3.63) is 52.5 Å². The van der Waals surface area contributed by atoms with Crippen LogP contribution in [0.5, 0.6) is 5.75 Å². The number of ether oxygens (including phenoxy) is 1. The second kappa shape index (κ2) is 6.08. The highest BCUT2D eigenvalue weighted by molar-refractivity contribution is 6.33. The Balaban J connectivity index is 1.90. The van der Waals surface area contributed by atoms with E-state index in [2.05, 4.69) is 0 Å². The molecule has 0 saturated heterocycles. The predicted molar refractivity (Wildman–Crippen MR) is 85.8 cm³/mol. The van der Waals surface area contributed by atoms with E-state index in [4.69, 9.17) is 16.3 Å². The molecule has 0 aliphatic heterocycles. The number of hydrogen-bond acceptors (Lipinski definition) is 2. The Hall–Kier alpha value is -1.51. The van der Waals surface area contributed by atoms with Crippen LogP contribution < -0.4 is 4.74 Å². The number of aryl methyl sites for hydroxylation is 1. The van der Waals surface area contributed by atoms with Crippen molar-refractivity contribution in [3.8, 4) is 16.9 Å². The van der Waals surface area contributed by atoms with E-state index < -0.39 is 0 Å². The number of aliphatic hydroxyl groups excluding tert-OH is 1. The molecule has 0 atom stereocenters. The maximum Gasteiger partial charge on any atom is 0.121 e. The van der Waals surface area contributed by atoms with Gasteiger partial charge in [0.2, 0.25) is 0 Å². The van der Waals surface area contributed by atoms with Gasteiger partial charge >= 0.3 is 0 Å². The van der Waals surface area contributed by atoms with Gasteiger partial charge in [-0.05, 0) is 60.6 Å². The normalized spacial score (nSPS) is 14.2. The highest BCUT2D eigenvalue weighted by Gasteiger charge is 2.22. The summed E-state index contributed by atoms with van der Waals surface area (Å²) >= 11 is 6.45. The zero-order chi connectivity index (χ0) is 14.8. The summed E-state index contributed by atoms with van der Waals surface area (Å²) in [7, 11) is 0. The van der Waals surface area contributed by atoms with Gasteiger partial charge in [-0.25, -0.2) is 0 Å². The summed E-state index contributed by atoms with van der Waals surface area (Å²) in [5.41, 5.74) is 4.00. The summed E-state index contributed by atoms with van der Waals surface area (Å²) in [5, 5.41) is 9.96. The quantitative estimate of drug-likeness (QED) is 0.875. The van der Waals surface area contributed by atoms with Gasteiger partial charge in [0.25, 0.3) is 0 Å². The highest BCUT2D eigenvalue weighted by Crippen LogP contribution is 2.36. The van der Waals surface area contributed by atoms with Crippen LogP contribution in [0.4, 0.5) is 0 Å². The van der Waals surface area contributed by atoms with Crippen molar-refractivity contribution in [1.29, 1.82) is 0 Å². The molecule has 1 aliphatic carbocycles. The lowest BCUT2D eigenvalue weighted by Crippen LogP contribution is -1.99. The highest BCUT2D eigenvalue weighted by atomic mass is 35.5. The molecule has 0 radical (unpaired) electrons. The Labute approximate surface area is 130 Å². The van der Waals surface area contributed by atoms with Gasteiger partial charge in [-0.3, -0.25) is 0 Å². The summed E-state index contributed by atoms with van der Waals surface area (Å²) in [6.45, 7) is 2.86. The summed E-state index contributed by atoms with van der Waals surface area (Å²) in [6, 6.07) is 11.7. The van der Waals surface area contributed by atoms with Gasteiger partial charge in [0, 0.05) is 5.56 Å². The standard InChI is InChI=1S/C18H19ClO2/c1-12-7-16(21-11-13-5-6-13)9-17(19)18(12)15-4-2-3-14(8-15)10-20/h2-4,7-9,13,20H,5-6,10-11H2,1H3. The average molecular weight is 303 g/mol. The Morgan fingerprint density at radius 3 is 2.71 bits per heavy atom. The molecule has 1 aliphatic rings. The zero-order valence-corrected chi connectivity index (χ0v) is 12.9. The van der Waals surface area contributed by atoms with Crippen molar-refractivity contribution in [2.45, 2.75) is 26.4 Å². The molecule has 1 fully saturated rings. The largest absolute Gasteiger partial charge is 0.493 e. The fourth-order valence-electron chi connectivity index (χ4n) is 2.49. The van der Waals surface area contributed by atoms with Crippen LogP contribution in [-0.2, 0) is 6.61 Å². The smallest absolute Gasteiger partial charge is 0.121 e. The minimum Gasteiger partial charge on any atom is -0.493 e. The number of rotatable bonds is 5. The molecule has 2 nitrogen and oxygen atoms in total. The van der Waals surface area contributed by atoms with Crippen LogP contribution in [0.15, 0.2) is 36.4 Å². The van der Waals surface area contributed by atoms with Crippen molar-refractivity contribution in [2.75, 3.05) is 6.61 Å². The summed E-state index contributed by atoms with van der Waals surface area (Å²) < 4.78 is 5.80. The van der Waals surface area contributed by atoms with Gasteiger partial charge < -0.3 is 9.84 Å². The third-order valence-corrected chi connectivity index (χ3v) is 4.14. The molecule has 0 spiro atoms. The maximum absolute atomic E-state index is 9.27. The van der Waals surface area contributed by atoms with Crippen LogP contribution in [0.3, 0.4) is 0 Å². The second-order valence-electron chi connectivity index (χ2n) is 5.71. The van der Waals surface area contributed by atoms with Crippen LogP contribution in [0.25, 0.3) is 11.1 Å². The second-order valence-corrected chi connectivity index (χ2v) is 6.12. The van der Waals surface area contributed by atoms with Crippen LogP contribution in [0.2, 0.25) is 5.02 Å². The fraction of sp³-hybridized carbons (Fsp3) is 0.333. The first-order valence-corrected chi connectivity index (χ1v) is 7.68. The molecular weight excluding hydrogens is 284 g/mol. The molecule has 1 saturated carbocycles. The molecule has 2 aromatic carbocycles. The first kappa shape index (κ1) is 14.4. The molecule has 0 heterocycles. The van der Waals surface area contributed by atoms with Gasteiger partial charge in [-0.15, -0.1) is 0 Å². The molecule has 21 heavy (non-hydrogen) atoms. The van der Waals surface area contributed by atoms with E-state index in [-0.39, 0.29) is 6.61 Å². The van der Waals surface area contributed by atoms with Crippen molar-refractivity contribution >= 4 is 11.6 Å². The number of benzene rings is 2. The van der Waals surface area contributed by atoms with Crippen LogP contribution >= 0.6 is 11.6 Å². The third-order valence-electron chi connectivity index (χ3n) is 3.84. The molecule has 0 amide bonds. The average Bonchev–Trinajstić information content (AvgIpc) is 3.29. The topological polar surface area (TPSA) is 29.5 Å². The van der Waals surface area contributed by atoms with E-state index in [1.807, 2.05) is 43.3 Å². The van der Waals surface area contributed by atoms with Crippen molar-refractivity contribution in [1.82, 2.24) is 0 Å². The van der Waals surface area contributed by atoms with E-state index in [0.29, 0.717) is 5.02 Å². The molecule has 0 bridgehead atoms. The lowest BCUT2D eigenvalue weighted by atomic mass is 9.98. The third kappa shape index (κ3) is 3.39. The predicted octanol–water partition coefficient (Wildman–Crippen LogP) is 4.60. The first-order valence-electron chi connectivity index (χ1n) is 7.30. The molecule has 0 unspecified atom stereocenters. The van der Waals surface area contributed by atoms with E-state index in [0.717, 1.165) is 40.5 Å². The molecule has 3 heteroatoms. The monoisotopic (exact) mass is 302 g/mol. The lowest BCUT2D eigenvalue weighted by molar-refractivity contribution is 0.282. The van der Waals surface area contributed by atoms with E-state index >= 15 is 0 Å². The van der Waals surface area contributed by atoms with Gasteiger partial charge in [-0.1, -0.05) is 29.8 Å². The van der Waals surface area contributed by atoms with Crippen LogP contribution in [0, 0.1) is 12.8 Å². The van der Waals surface area contributed by atoms with E-state index in [1.54, 1.807) is 0 Å². The Kier molecular flexibility index (Phi) is 4.18. The Morgan fingerprint density at radius 2 is 2.05 bits per heavy atom. The van der Waals surface area contributed by atoms with E-state index in [9.17, 15) is 5.11 Å². The zero-order valence-electron chi connectivity index (χ0n) is 12.1. The van der Waals surface area contributed by atoms with Crippen LogP contribution in [0.1, 0.15) is 24.0 Å². The minimum atomic E-state index is 0.0348. The maximum atomic E-state index is 9.27. The number of aliphatic hydroxyl groups is 1. The van der Waals surface area contributed by atoms with Crippen LogP contribution in [-0.4, -0.2) is 11.7 Å². The Bertz CT molecular complexity index is 624.